The van der Waals surface area contributed by atoms with Crippen molar-refractivity contribution in [2.24, 2.45) is 10.8 Å². The summed E-state index contributed by atoms with van der Waals surface area (Å²) in [6.07, 6.45) is 0. The highest BCUT2D eigenvalue weighted by Gasteiger charge is 1.95. The number of methoxy groups -OCH3 is 1. The highest BCUT2D eigenvalue weighted by Crippen LogP contribution is 1.69. The van der Waals surface area contributed by atoms with Gasteiger partial charge in [-0.25, -0.2) is 10.1 Å². The van der Waals surface area contributed by atoms with E-state index in [2.05, 4.69) is 15.2 Å². The van der Waals surface area contributed by atoms with Crippen LogP contribution in [0, 0.1) is 10.1 Å². The van der Waals surface area contributed by atoms with E-state index in [0.29, 0.717) is 13.2 Å². The Hall–Kier alpha value is -1.37. The van der Waals surface area contributed by atoms with Crippen molar-refractivity contribution in [3.63, 3.8) is 0 Å². The van der Waals surface area contributed by atoms with Crippen LogP contribution in [-0.4, -0.2) is 31.3 Å². The lowest BCUT2D eigenvalue weighted by atomic mass is 10.7. The molecular weight excluding hydrogens is 152 g/mol. The van der Waals surface area contributed by atoms with Gasteiger partial charge in [0.05, 0.1) is 6.61 Å². The van der Waals surface area contributed by atoms with Crippen molar-refractivity contribution in [2.45, 2.75) is 0 Å². The van der Waals surface area contributed by atoms with Crippen LogP contribution in [0.4, 0.5) is 0 Å². The average molecular weight is 162 g/mol. The summed E-state index contributed by atoms with van der Waals surface area (Å²) in [5.41, 5.74) is 5.06. The Morgan fingerprint density at radius 1 is 1.91 bits per heavy atom. The molecule has 0 saturated carbocycles. The van der Waals surface area contributed by atoms with Gasteiger partial charge in [0.15, 0.2) is 5.03 Å². The number of hydrazone groups is 1. The maximum absolute atomic E-state index is 9.71. The van der Waals surface area contributed by atoms with Crippen LogP contribution in [0.15, 0.2) is 5.10 Å². The molecule has 0 spiro atoms. The van der Waals surface area contributed by atoms with Gasteiger partial charge >= 0.3 is 0 Å². The SMILES string of the molecule is COCCN/C(N)=N/[N+](=O)[O-]. The molecule has 7 nitrogen and oxygen atoms in total. The zero-order valence-electron chi connectivity index (χ0n) is 6.11. The van der Waals surface area contributed by atoms with Crippen molar-refractivity contribution in [2.75, 3.05) is 20.3 Å². The quantitative estimate of drug-likeness (QED) is 0.176. The third kappa shape index (κ3) is 6.52. The molecule has 0 aromatic heterocycles. The number of nitro groups is 1. The largest absolute Gasteiger partial charge is 0.383 e. The molecule has 0 aromatic carbocycles. The minimum atomic E-state index is -0.866. The summed E-state index contributed by atoms with van der Waals surface area (Å²) in [5, 5.41) is 14.1. The summed E-state index contributed by atoms with van der Waals surface area (Å²) in [4.78, 5) is 9.71. The van der Waals surface area contributed by atoms with Gasteiger partial charge in [-0.05, 0) is 0 Å². The summed E-state index contributed by atoms with van der Waals surface area (Å²) >= 11 is 0. The zero-order valence-corrected chi connectivity index (χ0v) is 6.11. The van der Waals surface area contributed by atoms with Gasteiger partial charge in [-0.2, -0.15) is 0 Å². The standard InChI is InChI=1S/C4H10N4O3/c1-11-3-2-6-4(5)7-8(9)10/h2-3H2,1H3,(H3,5,6,7). The molecule has 0 rings (SSSR count). The van der Waals surface area contributed by atoms with Gasteiger partial charge in [-0.15, -0.1) is 0 Å². The van der Waals surface area contributed by atoms with Gasteiger partial charge in [-0.3, -0.25) is 0 Å². The fourth-order valence-electron chi connectivity index (χ4n) is 0.404. The topological polar surface area (TPSA) is 103 Å². The summed E-state index contributed by atoms with van der Waals surface area (Å²) < 4.78 is 4.65. The van der Waals surface area contributed by atoms with Crippen molar-refractivity contribution < 1.29 is 9.77 Å². The van der Waals surface area contributed by atoms with Crippen molar-refractivity contribution in [1.29, 1.82) is 0 Å². The normalized spacial score (nSPS) is 11.2. The molecule has 0 amide bonds. The predicted octanol–water partition coefficient (Wildman–Crippen LogP) is -1.27. The zero-order chi connectivity index (χ0) is 8.69. The Morgan fingerprint density at radius 3 is 3.00 bits per heavy atom. The van der Waals surface area contributed by atoms with E-state index in [4.69, 9.17) is 5.73 Å². The predicted molar refractivity (Wildman–Crippen MR) is 38.5 cm³/mol. The Balaban J connectivity index is 3.51. The molecule has 0 fully saturated rings. The first-order chi connectivity index (χ1) is 5.16. The van der Waals surface area contributed by atoms with E-state index in [0.717, 1.165) is 0 Å². The molecule has 64 valence electrons. The first-order valence-electron chi connectivity index (χ1n) is 2.88. The van der Waals surface area contributed by atoms with Gasteiger partial charge < -0.3 is 15.8 Å². The number of nitrogens with two attached hydrogens (primary N) is 1. The molecule has 11 heavy (non-hydrogen) atoms. The van der Waals surface area contributed by atoms with E-state index in [1.165, 1.54) is 7.11 Å². The summed E-state index contributed by atoms with van der Waals surface area (Å²) in [5.74, 6) is -0.216. The molecule has 0 unspecified atom stereocenters. The van der Waals surface area contributed by atoms with Crippen LogP contribution in [0.3, 0.4) is 0 Å². The molecule has 3 N–H and O–H groups in total. The van der Waals surface area contributed by atoms with Gasteiger partial charge in [0.25, 0.3) is 5.96 Å². The van der Waals surface area contributed by atoms with Crippen molar-refractivity contribution in [3.8, 4) is 0 Å². The smallest absolute Gasteiger partial charge is 0.266 e. The van der Waals surface area contributed by atoms with Crippen LogP contribution in [0.2, 0.25) is 0 Å². The van der Waals surface area contributed by atoms with E-state index in [9.17, 15) is 10.1 Å². The summed E-state index contributed by atoms with van der Waals surface area (Å²) in [7, 11) is 1.52. The fourth-order valence-corrected chi connectivity index (χ4v) is 0.404. The molecule has 0 bridgehead atoms. The number of hydrogen-bond acceptors (Lipinski definition) is 3. The lowest BCUT2D eigenvalue weighted by Crippen LogP contribution is -2.34. The second kappa shape index (κ2) is 5.42. The van der Waals surface area contributed by atoms with Gasteiger partial charge in [0.1, 0.15) is 5.10 Å². The summed E-state index contributed by atoms with van der Waals surface area (Å²) in [6, 6.07) is 0. The number of hydrogen-bond donors (Lipinski definition) is 2. The maximum atomic E-state index is 9.71. The molecular formula is C4H10N4O3. The molecule has 0 aliphatic carbocycles. The van der Waals surface area contributed by atoms with Crippen molar-refractivity contribution >= 4 is 5.96 Å². The number of nitrogens with zero attached hydrogens (tertiary/aromatic N) is 2. The lowest BCUT2D eigenvalue weighted by Gasteiger charge is -1.99. The maximum Gasteiger partial charge on any atom is 0.266 e. The molecule has 0 atom stereocenters. The van der Waals surface area contributed by atoms with E-state index < -0.39 is 5.03 Å². The molecule has 0 saturated heterocycles. The monoisotopic (exact) mass is 162 g/mol. The second-order valence-electron chi connectivity index (χ2n) is 1.64. The van der Waals surface area contributed by atoms with Crippen molar-refractivity contribution in [3.05, 3.63) is 10.1 Å². The second-order valence-corrected chi connectivity index (χ2v) is 1.64. The average Bonchev–Trinajstić information content (AvgIpc) is 1.86. The van der Waals surface area contributed by atoms with E-state index >= 15 is 0 Å². The van der Waals surface area contributed by atoms with Crippen LogP contribution in [0.25, 0.3) is 0 Å². The first-order valence-corrected chi connectivity index (χ1v) is 2.88. The van der Waals surface area contributed by atoms with Gasteiger partial charge in [-0.1, -0.05) is 0 Å². The van der Waals surface area contributed by atoms with E-state index in [1.807, 2.05) is 0 Å². The fraction of sp³-hybridized carbons (Fsp3) is 0.750. The highest BCUT2D eigenvalue weighted by atomic mass is 16.7. The summed E-state index contributed by atoms with van der Waals surface area (Å²) in [6.45, 7) is 0.827. The molecule has 0 radical (unpaired) electrons. The van der Waals surface area contributed by atoms with E-state index in [1.54, 1.807) is 0 Å². The first kappa shape index (κ1) is 9.63. The van der Waals surface area contributed by atoms with Crippen LogP contribution < -0.4 is 11.1 Å². The Labute approximate surface area is 63.4 Å². The number of ether oxygens (including phenoxy) is 1. The minimum absolute atomic E-state index is 0.216. The van der Waals surface area contributed by atoms with Gasteiger partial charge in [0, 0.05) is 13.7 Å². The van der Waals surface area contributed by atoms with Crippen LogP contribution in [-0.2, 0) is 4.74 Å². The third-order valence-corrected chi connectivity index (χ3v) is 0.802. The number of guanidine groups is 1. The Kier molecular flexibility index (Phi) is 4.74. The Bertz CT molecular complexity index is 157. The van der Waals surface area contributed by atoms with Crippen molar-refractivity contribution in [1.82, 2.24) is 5.32 Å². The lowest BCUT2D eigenvalue weighted by molar-refractivity contribution is -0.485. The van der Waals surface area contributed by atoms with Gasteiger partial charge in [0.2, 0.25) is 0 Å². The number of nitrogens with one attached hydrogen (secondary N) is 1. The Morgan fingerprint density at radius 2 is 2.55 bits per heavy atom. The molecule has 0 heterocycles. The molecule has 0 aliphatic rings. The minimum Gasteiger partial charge on any atom is -0.383 e. The molecule has 0 aromatic rings. The molecule has 7 heteroatoms. The highest BCUT2D eigenvalue weighted by molar-refractivity contribution is 5.76. The van der Waals surface area contributed by atoms with Crippen LogP contribution in [0.1, 0.15) is 0 Å². The van der Waals surface area contributed by atoms with Crippen LogP contribution >= 0.6 is 0 Å². The van der Waals surface area contributed by atoms with Crippen LogP contribution in [0.5, 0.6) is 0 Å². The number of rotatable bonds is 4. The third-order valence-electron chi connectivity index (χ3n) is 0.802. The van der Waals surface area contributed by atoms with E-state index in [-0.39, 0.29) is 5.96 Å². The molecule has 0 aliphatic heterocycles.